The van der Waals surface area contributed by atoms with Gasteiger partial charge in [0.25, 0.3) is 10.1 Å². The Morgan fingerprint density at radius 2 is 2.00 bits per heavy atom. The normalized spacial score (nSPS) is 43.5. The summed E-state index contributed by atoms with van der Waals surface area (Å²) in [5, 5.41) is 9.99. The zero-order valence-electron chi connectivity index (χ0n) is 9.10. The van der Waals surface area contributed by atoms with E-state index in [0.29, 0.717) is 18.8 Å². The van der Waals surface area contributed by atoms with Gasteiger partial charge in [0.1, 0.15) is 0 Å². The molecule has 0 heterocycles. The van der Waals surface area contributed by atoms with Crippen LogP contribution in [0.5, 0.6) is 0 Å². The third-order valence-electron chi connectivity index (χ3n) is 4.83. The molecule has 2 aliphatic carbocycles. The van der Waals surface area contributed by atoms with Crippen molar-refractivity contribution >= 4 is 10.1 Å². The largest absolute Gasteiger partial charge is 0.392 e. The molecule has 2 fully saturated rings. The van der Waals surface area contributed by atoms with Gasteiger partial charge >= 0.3 is 0 Å². The molecule has 0 aromatic rings. The Morgan fingerprint density at radius 3 is 2.33 bits per heavy atom. The van der Waals surface area contributed by atoms with E-state index in [0.717, 1.165) is 6.42 Å². The zero-order chi connectivity index (χ0) is 11.5. The van der Waals surface area contributed by atoms with Crippen LogP contribution in [0.2, 0.25) is 0 Å². The van der Waals surface area contributed by atoms with Crippen molar-refractivity contribution in [3.63, 3.8) is 0 Å². The van der Waals surface area contributed by atoms with Gasteiger partial charge in [-0.05, 0) is 30.6 Å². The van der Waals surface area contributed by atoms with Crippen LogP contribution in [0.25, 0.3) is 0 Å². The maximum absolute atomic E-state index is 11.0. The monoisotopic (exact) mass is 234 g/mol. The van der Waals surface area contributed by atoms with E-state index in [1.54, 1.807) is 0 Å². The minimum absolute atomic E-state index is 0.192. The van der Waals surface area contributed by atoms with E-state index in [4.69, 9.17) is 4.55 Å². The number of hydrogen-bond acceptors (Lipinski definition) is 3. The fourth-order valence-electron chi connectivity index (χ4n) is 3.70. The first-order valence-corrected chi connectivity index (χ1v) is 6.93. The van der Waals surface area contributed by atoms with Crippen molar-refractivity contribution in [3.05, 3.63) is 0 Å². The van der Waals surface area contributed by atoms with Crippen molar-refractivity contribution in [1.29, 1.82) is 0 Å². The van der Waals surface area contributed by atoms with Crippen LogP contribution in [-0.2, 0) is 10.1 Å². The van der Waals surface area contributed by atoms with Gasteiger partial charge in [0.15, 0.2) is 0 Å². The molecule has 2 bridgehead atoms. The molecule has 2 rings (SSSR count). The summed E-state index contributed by atoms with van der Waals surface area (Å²) in [7, 11) is -4.02. The van der Waals surface area contributed by atoms with E-state index in [1.165, 1.54) is 0 Å². The molecule has 0 aromatic heterocycles. The van der Waals surface area contributed by atoms with E-state index in [-0.39, 0.29) is 11.2 Å². The van der Waals surface area contributed by atoms with E-state index in [9.17, 15) is 13.5 Å². The first-order valence-electron chi connectivity index (χ1n) is 5.32. The fourth-order valence-corrected chi connectivity index (χ4v) is 5.06. The predicted molar refractivity (Wildman–Crippen MR) is 56.0 cm³/mol. The average molecular weight is 234 g/mol. The van der Waals surface area contributed by atoms with Gasteiger partial charge < -0.3 is 5.11 Å². The standard InChI is InChI=1S/C10H18O4S/c1-9(2)7-3-4-10(9,8(11)5-7)6-15(12,13)14/h7-8,11H,3-6H2,1-2H3,(H,12,13,14)/t7-,8-,10-/m1/s1. The second kappa shape index (κ2) is 2.96. The van der Waals surface area contributed by atoms with Gasteiger partial charge in [-0.1, -0.05) is 13.8 Å². The van der Waals surface area contributed by atoms with Gasteiger partial charge in [-0.15, -0.1) is 0 Å². The van der Waals surface area contributed by atoms with Crippen LogP contribution < -0.4 is 0 Å². The van der Waals surface area contributed by atoms with Crippen LogP contribution in [-0.4, -0.2) is 29.9 Å². The van der Waals surface area contributed by atoms with Gasteiger partial charge in [-0.3, -0.25) is 4.55 Å². The molecule has 0 amide bonds. The molecule has 0 unspecified atom stereocenters. The van der Waals surface area contributed by atoms with Gasteiger partial charge in [0.2, 0.25) is 0 Å². The van der Waals surface area contributed by atoms with Crippen LogP contribution in [0.1, 0.15) is 33.1 Å². The second-order valence-electron chi connectivity index (χ2n) is 5.59. The van der Waals surface area contributed by atoms with E-state index >= 15 is 0 Å². The zero-order valence-corrected chi connectivity index (χ0v) is 9.92. The summed E-state index contributed by atoms with van der Waals surface area (Å²) in [6, 6.07) is 0. The van der Waals surface area contributed by atoms with Gasteiger partial charge in [-0.25, -0.2) is 0 Å². The lowest BCUT2D eigenvalue weighted by atomic mass is 9.70. The Kier molecular flexibility index (Phi) is 2.24. The molecule has 0 aromatic carbocycles. The summed E-state index contributed by atoms with van der Waals surface area (Å²) in [5.74, 6) is 0.0826. The molecule has 2 aliphatic rings. The SMILES string of the molecule is CC1(C)[C@@H]2CC[C@@]1(CS(=O)(=O)O)[C@H](O)C2. The molecule has 4 nitrogen and oxygen atoms in total. The number of aliphatic hydroxyl groups is 1. The maximum atomic E-state index is 11.0. The second-order valence-corrected chi connectivity index (χ2v) is 7.04. The Bertz CT molecular complexity index is 373. The highest BCUT2D eigenvalue weighted by Gasteiger charge is 2.64. The van der Waals surface area contributed by atoms with Gasteiger partial charge in [0.05, 0.1) is 11.9 Å². The smallest absolute Gasteiger partial charge is 0.265 e. The molecule has 0 radical (unpaired) electrons. The number of rotatable bonds is 2. The molecular formula is C10H18O4S. The lowest BCUT2D eigenvalue weighted by Crippen LogP contribution is -2.44. The van der Waals surface area contributed by atoms with Crippen molar-refractivity contribution in [2.75, 3.05) is 5.75 Å². The molecule has 2 N–H and O–H groups in total. The molecule has 2 saturated carbocycles. The summed E-state index contributed by atoms with van der Waals surface area (Å²) in [4.78, 5) is 0. The molecule has 88 valence electrons. The van der Waals surface area contributed by atoms with Crippen LogP contribution in [0, 0.1) is 16.7 Å². The maximum Gasteiger partial charge on any atom is 0.265 e. The Morgan fingerprint density at radius 1 is 1.40 bits per heavy atom. The van der Waals surface area contributed by atoms with Gasteiger partial charge in [-0.2, -0.15) is 8.42 Å². The molecule has 0 spiro atoms. The third-order valence-corrected chi connectivity index (χ3v) is 5.71. The first-order chi connectivity index (χ1) is 6.69. The van der Waals surface area contributed by atoms with Crippen molar-refractivity contribution < 1.29 is 18.1 Å². The lowest BCUT2D eigenvalue weighted by molar-refractivity contribution is 0.0142. The highest BCUT2D eigenvalue weighted by Crippen LogP contribution is 2.65. The van der Waals surface area contributed by atoms with Crippen LogP contribution in [0.4, 0.5) is 0 Å². The number of hydrogen-bond donors (Lipinski definition) is 2. The van der Waals surface area contributed by atoms with Crippen LogP contribution in [0.15, 0.2) is 0 Å². The van der Waals surface area contributed by atoms with Crippen molar-refractivity contribution in [2.24, 2.45) is 16.7 Å². The summed E-state index contributed by atoms with van der Waals surface area (Å²) in [6.07, 6.45) is 1.74. The summed E-state index contributed by atoms with van der Waals surface area (Å²) in [6.45, 7) is 4.01. The lowest BCUT2D eigenvalue weighted by Gasteiger charge is -2.39. The summed E-state index contributed by atoms with van der Waals surface area (Å²) < 4.78 is 31.1. The average Bonchev–Trinajstić information content (AvgIpc) is 2.34. The van der Waals surface area contributed by atoms with Gasteiger partial charge in [0, 0.05) is 5.41 Å². The fraction of sp³-hybridized carbons (Fsp3) is 1.00. The predicted octanol–water partition coefficient (Wildman–Crippen LogP) is 1.06. The molecular weight excluding hydrogens is 216 g/mol. The van der Waals surface area contributed by atoms with Crippen LogP contribution >= 0.6 is 0 Å². The Labute approximate surface area is 90.4 Å². The van der Waals surface area contributed by atoms with E-state index < -0.39 is 21.6 Å². The van der Waals surface area contributed by atoms with Crippen molar-refractivity contribution in [2.45, 2.75) is 39.2 Å². The Hall–Kier alpha value is -0.130. The number of fused-ring (bicyclic) bond motifs is 2. The third kappa shape index (κ3) is 1.44. The minimum atomic E-state index is -4.02. The van der Waals surface area contributed by atoms with E-state index in [2.05, 4.69) is 0 Å². The quantitative estimate of drug-likeness (QED) is 0.701. The summed E-state index contributed by atoms with van der Waals surface area (Å²) >= 11 is 0. The van der Waals surface area contributed by atoms with Crippen LogP contribution in [0.3, 0.4) is 0 Å². The molecule has 3 atom stereocenters. The Balaban J connectivity index is 2.40. The molecule has 0 saturated heterocycles. The van der Waals surface area contributed by atoms with Crippen molar-refractivity contribution in [3.8, 4) is 0 Å². The summed E-state index contributed by atoms with van der Waals surface area (Å²) in [5.41, 5.74) is -0.826. The molecule has 15 heavy (non-hydrogen) atoms. The number of aliphatic hydroxyl groups excluding tert-OH is 1. The molecule has 5 heteroatoms. The topological polar surface area (TPSA) is 74.6 Å². The first kappa shape index (κ1) is 11.4. The highest BCUT2D eigenvalue weighted by atomic mass is 32.2. The van der Waals surface area contributed by atoms with Crippen molar-refractivity contribution in [1.82, 2.24) is 0 Å². The minimum Gasteiger partial charge on any atom is -0.392 e. The molecule has 0 aliphatic heterocycles. The van der Waals surface area contributed by atoms with E-state index in [1.807, 2.05) is 13.8 Å². The highest BCUT2D eigenvalue weighted by molar-refractivity contribution is 7.85.